The molecule has 2 aromatic rings. The van der Waals surface area contributed by atoms with Gasteiger partial charge in [0.1, 0.15) is 5.75 Å². The van der Waals surface area contributed by atoms with Crippen molar-refractivity contribution in [1.82, 2.24) is 14.9 Å². The Kier molecular flexibility index (Phi) is 11.1. The summed E-state index contributed by atoms with van der Waals surface area (Å²) in [7, 11) is -3.97. The van der Waals surface area contributed by atoms with Gasteiger partial charge in [0.25, 0.3) is 0 Å². The Labute approximate surface area is 235 Å². The lowest BCUT2D eigenvalue weighted by Gasteiger charge is -2.35. The van der Waals surface area contributed by atoms with Gasteiger partial charge in [-0.2, -0.15) is 5.06 Å². The molecule has 2 amide bonds. The number of urea groups is 1. The molecule has 1 unspecified atom stereocenters. The standard InChI is InChI=1S/C28H36N4O7S/c1-4-30(5-2)19-20-31-25(21-40(36,37)24-9-7-6-8-10-24)38-26(33)15-16-27(34)39-32(28(31)35)18-17-29-23-13-11-22(3)12-14-23/h6-16,25,29H,4-5,17-21H2,1-3H3/b16-15+. The van der Waals surface area contributed by atoms with Crippen molar-refractivity contribution in [3.8, 4) is 0 Å². The van der Waals surface area contributed by atoms with Crippen LogP contribution in [0.4, 0.5) is 10.5 Å². The third kappa shape index (κ3) is 8.82. The summed E-state index contributed by atoms with van der Waals surface area (Å²) in [5.41, 5.74) is 1.90. The van der Waals surface area contributed by atoms with Crippen molar-refractivity contribution in [3.05, 3.63) is 72.3 Å². The van der Waals surface area contributed by atoms with Crippen molar-refractivity contribution in [2.75, 3.05) is 50.3 Å². The molecule has 12 heteroatoms. The van der Waals surface area contributed by atoms with Crippen LogP contribution in [-0.4, -0.2) is 92.5 Å². The predicted octanol–water partition coefficient (Wildman–Crippen LogP) is 2.84. The van der Waals surface area contributed by atoms with Crippen molar-refractivity contribution in [2.45, 2.75) is 31.9 Å². The van der Waals surface area contributed by atoms with Crippen LogP contribution in [0.15, 0.2) is 71.6 Å². The summed E-state index contributed by atoms with van der Waals surface area (Å²) in [6.07, 6.45) is 0.213. The quantitative estimate of drug-likeness (QED) is 0.382. The van der Waals surface area contributed by atoms with Crippen molar-refractivity contribution < 1.29 is 32.4 Å². The van der Waals surface area contributed by atoms with E-state index in [1.165, 1.54) is 12.1 Å². The number of amides is 2. The van der Waals surface area contributed by atoms with E-state index in [1.54, 1.807) is 18.2 Å². The van der Waals surface area contributed by atoms with Crippen LogP contribution in [-0.2, 0) is 29.0 Å². The molecule has 1 atom stereocenters. The van der Waals surface area contributed by atoms with Gasteiger partial charge in [-0.25, -0.2) is 22.8 Å². The summed E-state index contributed by atoms with van der Waals surface area (Å²) < 4.78 is 32.0. The summed E-state index contributed by atoms with van der Waals surface area (Å²) in [4.78, 5) is 47.3. The average molecular weight is 573 g/mol. The van der Waals surface area contributed by atoms with Gasteiger partial charge in [-0.15, -0.1) is 0 Å². The molecule has 0 saturated carbocycles. The molecule has 0 radical (unpaired) electrons. The van der Waals surface area contributed by atoms with Crippen LogP contribution in [0.1, 0.15) is 19.4 Å². The molecule has 2 aromatic carbocycles. The number of sulfone groups is 1. The summed E-state index contributed by atoms with van der Waals surface area (Å²) in [5.74, 6) is -2.59. The lowest BCUT2D eigenvalue weighted by Crippen LogP contribution is -2.55. The van der Waals surface area contributed by atoms with Crippen LogP contribution < -0.4 is 5.32 Å². The number of esters is 1. The van der Waals surface area contributed by atoms with E-state index in [2.05, 4.69) is 5.32 Å². The van der Waals surface area contributed by atoms with Crippen molar-refractivity contribution in [1.29, 1.82) is 0 Å². The zero-order valence-corrected chi connectivity index (χ0v) is 23.8. The number of anilines is 1. The maximum atomic E-state index is 13.8. The van der Waals surface area contributed by atoms with Crippen LogP contribution in [0.25, 0.3) is 0 Å². The highest BCUT2D eigenvalue weighted by molar-refractivity contribution is 7.91. The minimum Gasteiger partial charge on any atom is -0.437 e. The molecule has 3 rings (SSSR count). The fourth-order valence-electron chi connectivity index (χ4n) is 4.00. The normalized spacial score (nSPS) is 17.4. The van der Waals surface area contributed by atoms with Crippen molar-refractivity contribution >= 4 is 33.5 Å². The van der Waals surface area contributed by atoms with Crippen LogP contribution in [0, 0.1) is 6.92 Å². The van der Waals surface area contributed by atoms with Gasteiger partial charge < -0.3 is 19.8 Å². The Hall–Kier alpha value is -3.90. The van der Waals surface area contributed by atoms with Crippen molar-refractivity contribution in [2.24, 2.45) is 0 Å². The maximum absolute atomic E-state index is 13.8. The number of cyclic esters (lactones) is 1. The minimum absolute atomic E-state index is 0.0198. The molecule has 216 valence electrons. The molecule has 0 fully saturated rings. The van der Waals surface area contributed by atoms with Gasteiger partial charge in [0.15, 0.2) is 16.1 Å². The number of nitrogens with zero attached hydrogens (tertiary/aromatic N) is 3. The fourth-order valence-corrected chi connectivity index (χ4v) is 5.38. The topological polar surface area (TPSA) is 126 Å². The van der Waals surface area contributed by atoms with Crippen LogP contribution in [0.5, 0.6) is 0 Å². The van der Waals surface area contributed by atoms with Gasteiger partial charge in [0.2, 0.25) is 0 Å². The number of hydroxylamine groups is 2. The summed E-state index contributed by atoms with van der Waals surface area (Å²) in [5, 5.41) is 4.03. The van der Waals surface area contributed by atoms with Gasteiger partial charge >= 0.3 is 18.0 Å². The van der Waals surface area contributed by atoms with Gasteiger partial charge in [-0.1, -0.05) is 49.7 Å². The Morgan fingerprint density at radius 3 is 2.20 bits per heavy atom. The van der Waals surface area contributed by atoms with E-state index in [4.69, 9.17) is 9.57 Å². The number of hydrogen-bond donors (Lipinski definition) is 1. The Bertz CT molecular complexity index is 1280. The smallest absolute Gasteiger partial charge is 0.356 e. The highest BCUT2D eigenvalue weighted by Crippen LogP contribution is 2.18. The van der Waals surface area contributed by atoms with E-state index >= 15 is 0 Å². The molecular weight excluding hydrogens is 536 g/mol. The number of carbonyl (C=O) groups excluding carboxylic acids is 3. The molecule has 1 aliphatic heterocycles. The molecule has 40 heavy (non-hydrogen) atoms. The van der Waals surface area contributed by atoms with E-state index in [1.807, 2.05) is 49.9 Å². The summed E-state index contributed by atoms with van der Waals surface area (Å²) in [6, 6.07) is 14.6. The molecule has 0 aromatic heterocycles. The zero-order chi connectivity index (χ0) is 29.1. The number of aryl methyl sites for hydroxylation is 1. The van der Waals surface area contributed by atoms with Crippen molar-refractivity contribution in [3.63, 3.8) is 0 Å². The monoisotopic (exact) mass is 572 g/mol. The third-order valence-electron chi connectivity index (χ3n) is 6.33. The molecule has 1 aliphatic rings. The van der Waals surface area contributed by atoms with Gasteiger partial charge in [-0.05, 0) is 44.3 Å². The number of rotatable bonds is 12. The average Bonchev–Trinajstić information content (AvgIpc) is 2.94. The van der Waals surface area contributed by atoms with Crippen LogP contribution >= 0.6 is 0 Å². The Morgan fingerprint density at radius 1 is 0.900 bits per heavy atom. The fraction of sp³-hybridized carbons (Fsp3) is 0.393. The zero-order valence-electron chi connectivity index (χ0n) is 23.0. The Balaban J connectivity index is 1.92. The highest BCUT2D eigenvalue weighted by Gasteiger charge is 2.36. The summed E-state index contributed by atoms with van der Waals surface area (Å²) >= 11 is 0. The van der Waals surface area contributed by atoms with E-state index in [0.717, 1.165) is 33.4 Å². The molecule has 1 N–H and O–H groups in total. The van der Waals surface area contributed by atoms with Crippen LogP contribution in [0.3, 0.4) is 0 Å². The summed E-state index contributed by atoms with van der Waals surface area (Å²) in [6.45, 7) is 7.82. The molecule has 0 spiro atoms. The molecular formula is C28H36N4O7S. The van der Waals surface area contributed by atoms with Gasteiger partial charge in [-0.3, -0.25) is 4.90 Å². The largest absolute Gasteiger partial charge is 0.437 e. The predicted molar refractivity (Wildman–Crippen MR) is 150 cm³/mol. The number of nitrogens with one attached hydrogen (secondary N) is 1. The lowest BCUT2D eigenvalue weighted by molar-refractivity contribution is -0.177. The number of benzene rings is 2. The van der Waals surface area contributed by atoms with E-state index < -0.39 is 39.8 Å². The number of ether oxygens (including phenoxy) is 1. The second kappa shape index (κ2) is 14.5. The van der Waals surface area contributed by atoms with E-state index in [9.17, 15) is 22.8 Å². The number of carbonyl (C=O) groups is 3. The second-order valence-electron chi connectivity index (χ2n) is 9.13. The van der Waals surface area contributed by atoms with Crippen LogP contribution in [0.2, 0.25) is 0 Å². The third-order valence-corrected chi connectivity index (χ3v) is 8.04. The maximum Gasteiger partial charge on any atom is 0.356 e. The second-order valence-corrected chi connectivity index (χ2v) is 11.2. The number of likely N-dealkylation sites (N-methyl/N-ethyl adjacent to an activating group) is 1. The lowest BCUT2D eigenvalue weighted by atomic mass is 10.2. The van der Waals surface area contributed by atoms with Gasteiger partial charge in [0.05, 0.1) is 11.4 Å². The first kappa shape index (κ1) is 30.6. The van der Waals surface area contributed by atoms with E-state index in [0.29, 0.717) is 19.6 Å². The molecule has 0 bridgehead atoms. The first-order chi connectivity index (χ1) is 19.1. The minimum atomic E-state index is -3.97. The molecule has 0 saturated heterocycles. The first-order valence-corrected chi connectivity index (χ1v) is 14.8. The van der Waals surface area contributed by atoms with Gasteiger partial charge in [0, 0.05) is 37.5 Å². The Morgan fingerprint density at radius 2 is 1.55 bits per heavy atom. The molecule has 1 heterocycles. The first-order valence-electron chi connectivity index (χ1n) is 13.1. The molecule has 11 nitrogen and oxygen atoms in total. The SMILES string of the molecule is CCN(CC)CCN1C(=O)N(CCNc2ccc(C)cc2)OC(=O)/C=C/C(=O)OC1CS(=O)(=O)c1ccccc1. The number of hydrogen-bond acceptors (Lipinski definition) is 9. The highest BCUT2D eigenvalue weighted by atomic mass is 32.2. The molecule has 0 aliphatic carbocycles. The van der Waals surface area contributed by atoms with E-state index in [-0.39, 0.29) is 24.5 Å².